The van der Waals surface area contributed by atoms with Gasteiger partial charge in [-0.15, -0.1) is 0 Å². The summed E-state index contributed by atoms with van der Waals surface area (Å²) in [4.78, 5) is 27.1. The van der Waals surface area contributed by atoms with Gasteiger partial charge in [0.1, 0.15) is 22.9 Å². The molecule has 2 aromatic rings. The van der Waals surface area contributed by atoms with E-state index in [2.05, 4.69) is 5.32 Å². The first-order valence-electron chi connectivity index (χ1n) is 8.78. The van der Waals surface area contributed by atoms with E-state index in [1.807, 2.05) is 0 Å². The van der Waals surface area contributed by atoms with Crippen molar-refractivity contribution in [3.05, 3.63) is 53.7 Å². The van der Waals surface area contributed by atoms with Crippen LogP contribution in [0.5, 0.6) is 17.2 Å². The Labute approximate surface area is 163 Å². The second-order valence-electron chi connectivity index (χ2n) is 6.00. The van der Waals surface area contributed by atoms with Crippen molar-refractivity contribution in [2.75, 3.05) is 33.2 Å². The van der Waals surface area contributed by atoms with E-state index < -0.39 is 5.91 Å². The molecule has 1 aliphatic rings. The van der Waals surface area contributed by atoms with Gasteiger partial charge < -0.3 is 19.5 Å². The van der Waals surface area contributed by atoms with Crippen LogP contribution in [-0.2, 0) is 9.59 Å². The number of carbonyl (C=O) groups excluding carboxylic acids is 2. The largest absolute Gasteiger partial charge is 0.497 e. The molecule has 0 fully saturated rings. The molecule has 0 aliphatic carbocycles. The number of methoxy groups -OCH3 is 3. The summed E-state index contributed by atoms with van der Waals surface area (Å²) in [6.45, 7) is 2.02. The summed E-state index contributed by atoms with van der Waals surface area (Å²) in [7, 11) is 4.61. The van der Waals surface area contributed by atoms with Crippen molar-refractivity contribution in [3.8, 4) is 17.2 Å². The number of ether oxygens (including phenoxy) is 3. The fraction of sp³-hybridized carbons (Fsp3) is 0.238. The van der Waals surface area contributed by atoms with E-state index in [-0.39, 0.29) is 23.7 Å². The van der Waals surface area contributed by atoms with Gasteiger partial charge in [-0.3, -0.25) is 14.5 Å². The van der Waals surface area contributed by atoms with E-state index in [1.165, 1.54) is 19.1 Å². The monoisotopic (exact) mass is 382 g/mol. The lowest BCUT2D eigenvalue weighted by atomic mass is 10.0. The molecule has 1 aliphatic heterocycles. The van der Waals surface area contributed by atoms with Gasteiger partial charge in [-0.2, -0.15) is 0 Å². The molecule has 2 aromatic carbocycles. The van der Waals surface area contributed by atoms with Gasteiger partial charge >= 0.3 is 0 Å². The number of imide groups is 1. The lowest BCUT2D eigenvalue weighted by molar-refractivity contribution is -0.136. The Balaban J connectivity index is 2.15. The molecule has 2 amide bonds. The first kappa shape index (κ1) is 19.3. The maximum absolute atomic E-state index is 13.0. The molecule has 0 bridgehead atoms. The average molecular weight is 382 g/mol. The zero-order chi connectivity index (χ0) is 20.3. The highest BCUT2D eigenvalue weighted by Gasteiger charge is 2.39. The van der Waals surface area contributed by atoms with Gasteiger partial charge in [0, 0.05) is 18.2 Å². The van der Waals surface area contributed by atoms with Crippen molar-refractivity contribution in [3.63, 3.8) is 0 Å². The Kier molecular flexibility index (Phi) is 5.54. The fourth-order valence-corrected chi connectivity index (χ4v) is 3.12. The van der Waals surface area contributed by atoms with Crippen molar-refractivity contribution in [1.82, 2.24) is 4.90 Å². The number of anilines is 1. The number of likely N-dealkylation sites (N-methyl/N-ethyl adjacent to an activating group) is 1. The van der Waals surface area contributed by atoms with Gasteiger partial charge in [-0.25, -0.2) is 0 Å². The molecule has 3 rings (SSSR count). The van der Waals surface area contributed by atoms with Gasteiger partial charge in [0.15, 0.2) is 0 Å². The normalized spacial score (nSPS) is 13.8. The molecule has 1 N–H and O–H groups in total. The van der Waals surface area contributed by atoms with Crippen molar-refractivity contribution in [1.29, 1.82) is 0 Å². The summed E-state index contributed by atoms with van der Waals surface area (Å²) < 4.78 is 16.0. The van der Waals surface area contributed by atoms with E-state index in [1.54, 1.807) is 56.5 Å². The summed E-state index contributed by atoms with van der Waals surface area (Å²) in [6, 6.07) is 12.3. The molecular weight excluding hydrogens is 360 g/mol. The van der Waals surface area contributed by atoms with Crippen LogP contribution in [0.15, 0.2) is 48.2 Å². The zero-order valence-corrected chi connectivity index (χ0v) is 16.2. The van der Waals surface area contributed by atoms with Gasteiger partial charge in [0.05, 0.1) is 32.6 Å². The summed E-state index contributed by atoms with van der Waals surface area (Å²) in [5.74, 6) is 0.850. The Morgan fingerprint density at radius 3 is 2.25 bits per heavy atom. The van der Waals surface area contributed by atoms with Crippen LogP contribution in [0, 0.1) is 0 Å². The SMILES string of the molecule is CCN1C(=O)C(Nc2ccc(OC)cc2OC)=C(c2ccccc2OC)C1=O. The number of nitrogens with one attached hydrogen (secondary N) is 1. The number of amides is 2. The predicted molar refractivity (Wildman–Crippen MR) is 105 cm³/mol. The van der Waals surface area contributed by atoms with E-state index in [0.717, 1.165) is 0 Å². The maximum Gasteiger partial charge on any atom is 0.278 e. The van der Waals surface area contributed by atoms with Crippen LogP contribution in [0.25, 0.3) is 5.57 Å². The third kappa shape index (κ3) is 3.26. The lowest BCUT2D eigenvalue weighted by Gasteiger charge is -2.14. The lowest BCUT2D eigenvalue weighted by Crippen LogP contribution is -2.32. The van der Waals surface area contributed by atoms with Crippen molar-refractivity contribution < 1.29 is 23.8 Å². The molecule has 0 spiro atoms. The number of para-hydroxylation sites is 1. The highest BCUT2D eigenvalue weighted by molar-refractivity contribution is 6.37. The molecule has 7 nitrogen and oxygen atoms in total. The summed E-state index contributed by atoms with van der Waals surface area (Å²) in [5.41, 5.74) is 1.54. The molecule has 28 heavy (non-hydrogen) atoms. The predicted octanol–water partition coefficient (Wildman–Crippen LogP) is 2.92. The third-order valence-corrected chi connectivity index (χ3v) is 4.53. The third-order valence-electron chi connectivity index (χ3n) is 4.53. The van der Waals surface area contributed by atoms with E-state index in [4.69, 9.17) is 14.2 Å². The van der Waals surface area contributed by atoms with Crippen molar-refractivity contribution in [2.45, 2.75) is 6.92 Å². The summed E-state index contributed by atoms with van der Waals surface area (Å²) >= 11 is 0. The van der Waals surface area contributed by atoms with Crippen molar-refractivity contribution in [2.24, 2.45) is 0 Å². The fourth-order valence-electron chi connectivity index (χ4n) is 3.12. The number of carbonyl (C=O) groups is 2. The molecular formula is C21H22N2O5. The molecule has 0 radical (unpaired) electrons. The molecule has 7 heteroatoms. The first-order valence-corrected chi connectivity index (χ1v) is 8.78. The highest BCUT2D eigenvalue weighted by Crippen LogP contribution is 2.37. The standard InChI is InChI=1S/C21H22N2O5/c1-5-23-20(24)18(14-8-6-7-9-16(14)27-3)19(21(23)25)22-15-11-10-13(26-2)12-17(15)28-4/h6-12,22H,5H2,1-4H3. The minimum absolute atomic E-state index is 0.180. The Hall–Kier alpha value is -3.48. The molecule has 0 aromatic heterocycles. The van der Waals surface area contributed by atoms with Gasteiger partial charge in [0.2, 0.25) is 0 Å². The Morgan fingerprint density at radius 2 is 1.61 bits per heavy atom. The minimum atomic E-state index is -0.397. The smallest absolute Gasteiger partial charge is 0.278 e. The van der Waals surface area contributed by atoms with Crippen molar-refractivity contribution >= 4 is 23.1 Å². The minimum Gasteiger partial charge on any atom is -0.497 e. The molecule has 1 heterocycles. The van der Waals surface area contributed by atoms with Crippen LogP contribution >= 0.6 is 0 Å². The van der Waals surface area contributed by atoms with Gasteiger partial charge in [0.25, 0.3) is 11.8 Å². The zero-order valence-electron chi connectivity index (χ0n) is 16.2. The van der Waals surface area contributed by atoms with Crippen LogP contribution in [0.2, 0.25) is 0 Å². The number of benzene rings is 2. The molecule has 0 saturated heterocycles. The summed E-state index contributed by atoms with van der Waals surface area (Å²) in [6.07, 6.45) is 0. The van der Waals surface area contributed by atoms with E-state index >= 15 is 0 Å². The number of nitrogens with zero attached hydrogens (tertiary/aromatic N) is 1. The molecule has 146 valence electrons. The van der Waals surface area contributed by atoms with Gasteiger partial charge in [-0.05, 0) is 25.1 Å². The topological polar surface area (TPSA) is 77.1 Å². The first-order chi connectivity index (χ1) is 13.5. The average Bonchev–Trinajstić information content (AvgIpc) is 2.97. The van der Waals surface area contributed by atoms with Crippen LogP contribution in [-0.4, -0.2) is 44.6 Å². The van der Waals surface area contributed by atoms with Crippen LogP contribution in [0.4, 0.5) is 5.69 Å². The second-order valence-corrected chi connectivity index (χ2v) is 6.00. The van der Waals surface area contributed by atoms with E-state index in [0.29, 0.717) is 28.5 Å². The highest BCUT2D eigenvalue weighted by atomic mass is 16.5. The summed E-state index contributed by atoms with van der Waals surface area (Å²) in [5, 5.41) is 3.09. The Bertz CT molecular complexity index is 952. The maximum atomic E-state index is 13.0. The van der Waals surface area contributed by atoms with Crippen LogP contribution < -0.4 is 19.5 Å². The van der Waals surface area contributed by atoms with Crippen LogP contribution in [0.1, 0.15) is 12.5 Å². The quantitative estimate of drug-likeness (QED) is 0.742. The molecule has 0 atom stereocenters. The molecule has 0 unspecified atom stereocenters. The number of hydrogen-bond acceptors (Lipinski definition) is 6. The Morgan fingerprint density at radius 1 is 0.893 bits per heavy atom. The van der Waals surface area contributed by atoms with Crippen LogP contribution in [0.3, 0.4) is 0 Å². The number of rotatable bonds is 7. The van der Waals surface area contributed by atoms with Gasteiger partial charge in [-0.1, -0.05) is 18.2 Å². The van der Waals surface area contributed by atoms with E-state index in [9.17, 15) is 9.59 Å². The number of hydrogen-bond donors (Lipinski definition) is 1. The second kappa shape index (κ2) is 8.04. The molecule has 0 saturated carbocycles.